The number of anilines is 1. The Hall–Kier alpha value is -3.78. The first-order valence-electron chi connectivity index (χ1n) is 8.79. The van der Waals surface area contributed by atoms with Crippen LogP contribution in [0.15, 0.2) is 66.7 Å². The minimum absolute atomic E-state index is 0.0416. The lowest BCUT2D eigenvalue weighted by atomic mass is 10.2. The van der Waals surface area contributed by atoms with Crippen molar-refractivity contribution in [1.82, 2.24) is 9.55 Å². The Balaban J connectivity index is 1.53. The van der Waals surface area contributed by atoms with Gasteiger partial charge < -0.3 is 5.32 Å². The predicted octanol–water partition coefficient (Wildman–Crippen LogP) is 4.96. The van der Waals surface area contributed by atoms with E-state index in [0.717, 1.165) is 33.9 Å². The van der Waals surface area contributed by atoms with Gasteiger partial charge in [-0.25, -0.2) is 4.98 Å². The molecule has 4 aromatic rings. The molecule has 0 spiro atoms. The van der Waals surface area contributed by atoms with E-state index in [1.807, 2.05) is 55.5 Å². The van der Waals surface area contributed by atoms with Gasteiger partial charge in [0.1, 0.15) is 5.82 Å². The molecule has 144 valence electrons. The molecule has 0 aliphatic carbocycles. The van der Waals surface area contributed by atoms with Crippen molar-refractivity contribution in [2.75, 3.05) is 5.32 Å². The number of hydrogen-bond acceptors (Lipinski definition) is 5. The number of aryl methyl sites for hydroxylation is 1. The number of imidazole rings is 1. The third-order valence-corrected chi connectivity index (χ3v) is 5.30. The van der Waals surface area contributed by atoms with Gasteiger partial charge in [0, 0.05) is 28.4 Å². The Kier molecular flexibility index (Phi) is 4.92. The minimum atomic E-state index is -0.451. The van der Waals surface area contributed by atoms with E-state index < -0.39 is 4.92 Å². The lowest BCUT2D eigenvalue weighted by Gasteiger charge is -2.07. The zero-order chi connectivity index (χ0) is 20.4. The van der Waals surface area contributed by atoms with E-state index in [9.17, 15) is 14.9 Å². The molecule has 0 radical (unpaired) electrons. The highest BCUT2D eigenvalue weighted by Crippen LogP contribution is 2.26. The molecule has 0 aliphatic heterocycles. The number of amides is 1. The van der Waals surface area contributed by atoms with Gasteiger partial charge in [-0.3, -0.25) is 19.5 Å². The summed E-state index contributed by atoms with van der Waals surface area (Å²) < 4.78 is 2.06. The van der Waals surface area contributed by atoms with E-state index in [-0.39, 0.29) is 10.9 Å². The zero-order valence-electron chi connectivity index (χ0n) is 15.4. The number of thiophene rings is 1. The number of nitrogens with one attached hydrogen (secondary N) is 1. The monoisotopic (exact) mass is 404 g/mol. The summed E-state index contributed by atoms with van der Waals surface area (Å²) in [5.41, 5.74) is 3.38. The predicted molar refractivity (Wildman–Crippen MR) is 114 cm³/mol. The van der Waals surface area contributed by atoms with Crippen LogP contribution < -0.4 is 5.32 Å². The van der Waals surface area contributed by atoms with Crippen LogP contribution in [-0.4, -0.2) is 20.4 Å². The van der Waals surface area contributed by atoms with Crippen molar-refractivity contribution >= 4 is 45.0 Å². The maximum Gasteiger partial charge on any atom is 0.324 e. The Labute approximate surface area is 170 Å². The highest BCUT2D eigenvalue weighted by molar-refractivity contribution is 7.16. The van der Waals surface area contributed by atoms with Crippen molar-refractivity contribution in [3.8, 4) is 5.69 Å². The standard InChI is InChI=1S/C21H16N4O3S/c1-14-22-18-13-15(7-10-19(18)24(14)16-5-3-2-4-6-16)23-20(26)11-8-17-9-12-21(29-17)25(27)28/h2-13H,1H3,(H,23,26). The summed E-state index contributed by atoms with van der Waals surface area (Å²) in [7, 11) is 0. The summed E-state index contributed by atoms with van der Waals surface area (Å²) in [6, 6.07) is 18.5. The van der Waals surface area contributed by atoms with E-state index in [2.05, 4.69) is 14.9 Å². The fourth-order valence-electron chi connectivity index (χ4n) is 3.05. The Morgan fingerprint density at radius 3 is 2.69 bits per heavy atom. The minimum Gasteiger partial charge on any atom is -0.322 e. The van der Waals surface area contributed by atoms with E-state index in [1.54, 1.807) is 12.1 Å². The van der Waals surface area contributed by atoms with Crippen LogP contribution in [0.4, 0.5) is 10.7 Å². The number of para-hydroxylation sites is 1. The van der Waals surface area contributed by atoms with Gasteiger partial charge in [-0.05, 0) is 49.4 Å². The largest absolute Gasteiger partial charge is 0.324 e. The lowest BCUT2D eigenvalue weighted by Crippen LogP contribution is -2.07. The fraction of sp³-hybridized carbons (Fsp3) is 0.0476. The number of carbonyl (C=O) groups is 1. The molecular formula is C21H16N4O3S. The van der Waals surface area contributed by atoms with Crippen LogP contribution in [0, 0.1) is 17.0 Å². The molecule has 4 rings (SSSR count). The normalized spacial score (nSPS) is 11.2. The average Bonchev–Trinajstić information content (AvgIpc) is 3.30. The van der Waals surface area contributed by atoms with Crippen molar-refractivity contribution < 1.29 is 9.72 Å². The van der Waals surface area contributed by atoms with Gasteiger partial charge in [-0.1, -0.05) is 29.5 Å². The van der Waals surface area contributed by atoms with E-state index in [0.29, 0.717) is 10.6 Å². The summed E-state index contributed by atoms with van der Waals surface area (Å²) in [5.74, 6) is 0.536. The summed E-state index contributed by atoms with van der Waals surface area (Å²) in [6.45, 7) is 1.94. The number of aromatic nitrogens is 2. The van der Waals surface area contributed by atoms with Crippen LogP contribution in [-0.2, 0) is 4.79 Å². The molecule has 7 nitrogen and oxygen atoms in total. The number of hydrogen-bond donors (Lipinski definition) is 1. The number of fused-ring (bicyclic) bond motifs is 1. The smallest absolute Gasteiger partial charge is 0.322 e. The molecule has 0 saturated carbocycles. The van der Waals surface area contributed by atoms with Crippen molar-refractivity contribution in [3.63, 3.8) is 0 Å². The van der Waals surface area contributed by atoms with Crippen LogP contribution in [0.1, 0.15) is 10.7 Å². The quantitative estimate of drug-likeness (QED) is 0.289. The molecule has 1 N–H and O–H groups in total. The van der Waals surface area contributed by atoms with Gasteiger partial charge in [-0.15, -0.1) is 0 Å². The van der Waals surface area contributed by atoms with Gasteiger partial charge in [0.25, 0.3) is 0 Å². The molecule has 0 fully saturated rings. The van der Waals surface area contributed by atoms with Gasteiger partial charge in [0.2, 0.25) is 5.91 Å². The SMILES string of the molecule is Cc1nc2cc(NC(=O)C=Cc3ccc([N+](=O)[O-])s3)ccc2n1-c1ccccc1. The second-order valence-electron chi connectivity index (χ2n) is 6.29. The maximum atomic E-state index is 12.2. The first kappa shape index (κ1) is 18.6. The zero-order valence-corrected chi connectivity index (χ0v) is 16.2. The molecule has 0 atom stereocenters. The number of nitrogens with zero attached hydrogens (tertiary/aromatic N) is 3. The van der Waals surface area contributed by atoms with Crippen LogP contribution in [0.2, 0.25) is 0 Å². The molecule has 0 bridgehead atoms. The third-order valence-electron chi connectivity index (χ3n) is 4.30. The summed E-state index contributed by atoms with van der Waals surface area (Å²) in [6.07, 6.45) is 2.91. The highest BCUT2D eigenvalue weighted by atomic mass is 32.1. The molecule has 29 heavy (non-hydrogen) atoms. The number of benzene rings is 2. The van der Waals surface area contributed by atoms with E-state index in [4.69, 9.17) is 0 Å². The molecule has 2 aromatic carbocycles. The van der Waals surface area contributed by atoms with Crippen LogP contribution in [0.5, 0.6) is 0 Å². The van der Waals surface area contributed by atoms with Crippen molar-refractivity contribution in [1.29, 1.82) is 0 Å². The van der Waals surface area contributed by atoms with Crippen LogP contribution in [0.3, 0.4) is 0 Å². The molecule has 2 aromatic heterocycles. The van der Waals surface area contributed by atoms with Gasteiger partial charge in [-0.2, -0.15) is 0 Å². The molecule has 0 aliphatic rings. The highest BCUT2D eigenvalue weighted by Gasteiger charge is 2.11. The Bertz CT molecular complexity index is 1240. The molecule has 1 amide bonds. The first-order chi connectivity index (χ1) is 14.0. The van der Waals surface area contributed by atoms with Crippen LogP contribution >= 0.6 is 11.3 Å². The number of rotatable bonds is 5. The van der Waals surface area contributed by atoms with Crippen molar-refractivity contribution in [2.24, 2.45) is 0 Å². The lowest BCUT2D eigenvalue weighted by molar-refractivity contribution is -0.380. The summed E-state index contributed by atoms with van der Waals surface area (Å²) in [4.78, 5) is 27.7. The fourth-order valence-corrected chi connectivity index (χ4v) is 3.78. The van der Waals surface area contributed by atoms with Crippen molar-refractivity contribution in [2.45, 2.75) is 6.92 Å². The maximum absolute atomic E-state index is 12.2. The van der Waals surface area contributed by atoms with Gasteiger partial charge >= 0.3 is 5.00 Å². The molecule has 8 heteroatoms. The Morgan fingerprint density at radius 2 is 1.97 bits per heavy atom. The van der Waals surface area contributed by atoms with Gasteiger partial charge in [0.05, 0.1) is 16.0 Å². The first-order valence-corrected chi connectivity index (χ1v) is 9.61. The van der Waals surface area contributed by atoms with E-state index in [1.165, 1.54) is 12.1 Å². The molecular weight excluding hydrogens is 388 g/mol. The summed E-state index contributed by atoms with van der Waals surface area (Å²) in [5, 5.41) is 13.6. The number of carbonyl (C=O) groups excluding carboxylic acids is 1. The average molecular weight is 404 g/mol. The van der Waals surface area contributed by atoms with Crippen molar-refractivity contribution in [3.05, 3.63) is 87.6 Å². The summed E-state index contributed by atoms with van der Waals surface area (Å²) >= 11 is 1.01. The molecule has 0 unspecified atom stereocenters. The number of nitro groups is 1. The molecule has 2 heterocycles. The Morgan fingerprint density at radius 1 is 1.17 bits per heavy atom. The van der Waals surface area contributed by atoms with E-state index >= 15 is 0 Å². The third kappa shape index (κ3) is 3.92. The second-order valence-corrected chi connectivity index (χ2v) is 7.38. The molecule has 0 saturated heterocycles. The van der Waals surface area contributed by atoms with Gasteiger partial charge in [0.15, 0.2) is 0 Å². The second kappa shape index (κ2) is 7.69. The van der Waals surface area contributed by atoms with Crippen LogP contribution in [0.25, 0.3) is 22.8 Å². The topological polar surface area (TPSA) is 90.1 Å².